The van der Waals surface area contributed by atoms with Crippen LogP contribution < -0.4 is 9.47 Å². The lowest BCUT2D eigenvalue weighted by molar-refractivity contribution is 0.103. The average molecular weight is 517 g/mol. The third kappa shape index (κ3) is 5.74. The van der Waals surface area contributed by atoms with E-state index in [4.69, 9.17) is 9.47 Å². The lowest BCUT2D eigenvalue weighted by Gasteiger charge is -2.27. The zero-order valence-electron chi connectivity index (χ0n) is 21.1. The van der Waals surface area contributed by atoms with Gasteiger partial charge in [-0.25, -0.2) is 0 Å². The monoisotopic (exact) mass is 516 g/mol. The van der Waals surface area contributed by atoms with Gasteiger partial charge in [0, 0.05) is 16.5 Å². The predicted molar refractivity (Wildman–Crippen MR) is 143 cm³/mol. The second-order valence-electron chi connectivity index (χ2n) is 9.31. The van der Waals surface area contributed by atoms with Gasteiger partial charge in [-0.15, -0.1) is 0 Å². The second-order valence-corrected chi connectivity index (χ2v) is 10.7. The lowest BCUT2D eigenvalue weighted by Crippen LogP contribution is -2.19. The first-order chi connectivity index (χ1) is 17.5. The minimum Gasteiger partial charge on any atom is -0.495 e. The van der Waals surface area contributed by atoms with Gasteiger partial charge >= 0.3 is 0 Å². The van der Waals surface area contributed by atoms with E-state index in [-0.39, 0.29) is 16.4 Å². The molecular formula is C30H28O6S. The number of ketones is 1. The van der Waals surface area contributed by atoms with Gasteiger partial charge in [0.15, 0.2) is 5.78 Å². The molecule has 7 heteroatoms. The van der Waals surface area contributed by atoms with Crippen molar-refractivity contribution in [1.29, 1.82) is 0 Å². The number of methoxy groups -OCH3 is 1. The maximum atomic E-state index is 12.7. The number of hydrogen-bond acceptors (Lipinski definition) is 5. The minimum atomic E-state index is -4.44. The Morgan fingerprint density at radius 1 is 0.757 bits per heavy atom. The van der Waals surface area contributed by atoms with Gasteiger partial charge in [0.25, 0.3) is 10.1 Å². The molecule has 0 spiro atoms. The highest BCUT2D eigenvalue weighted by Crippen LogP contribution is 2.36. The number of aryl methyl sites for hydroxylation is 1. The maximum absolute atomic E-state index is 12.7. The number of rotatable bonds is 8. The minimum absolute atomic E-state index is 0.0474. The van der Waals surface area contributed by atoms with E-state index in [2.05, 4.69) is 0 Å². The smallest absolute Gasteiger partial charge is 0.298 e. The highest BCUT2D eigenvalue weighted by Gasteiger charge is 2.27. The molecule has 0 aliphatic heterocycles. The van der Waals surface area contributed by atoms with Crippen LogP contribution in [0.25, 0.3) is 0 Å². The Kier molecular flexibility index (Phi) is 7.21. The van der Waals surface area contributed by atoms with Crippen molar-refractivity contribution >= 4 is 15.9 Å². The molecule has 0 saturated carbocycles. The van der Waals surface area contributed by atoms with Crippen LogP contribution >= 0.6 is 0 Å². The first-order valence-corrected chi connectivity index (χ1v) is 13.1. The molecule has 1 N–H and O–H groups in total. The first-order valence-electron chi connectivity index (χ1n) is 11.6. The number of ether oxygens (including phenoxy) is 2. The Bertz CT molecular complexity index is 1520. The summed E-state index contributed by atoms with van der Waals surface area (Å²) >= 11 is 0. The largest absolute Gasteiger partial charge is 0.495 e. The number of carbonyl (C=O) groups is 1. The van der Waals surface area contributed by atoms with Crippen LogP contribution in [0, 0.1) is 6.92 Å². The van der Waals surface area contributed by atoms with Crippen LogP contribution in [0.5, 0.6) is 17.2 Å². The third-order valence-electron chi connectivity index (χ3n) is 6.41. The van der Waals surface area contributed by atoms with Gasteiger partial charge in [-0.2, -0.15) is 8.42 Å². The first kappa shape index (κ1) is 26.1. The second kappa shape index (κ2) is 10.2. The molecule has 0 aromatic heterocycles. The molecule has 0 unspecified atom stereocenters. The van der Waals surface area contributed by atoms with Crippen molar-refractivity contribution in [3.05, 3.63) is 119 Å². The van der Waals surface area contributed by atoms with Crippen LogP contribution in [-0.2, 0) is 15.5 Å². The van der Waals surface area contributed by atoms with E-state index < -0.39 is 15.5 Å². The summed E-state index contributed by atoms with van der Waals surface area (Å²) in [7, 11) is -3.09. The van der Waals surface area contributed by atoms with Crippen molar-refractivity contribution in [1.82, 2.24) is 0 Å². The third-order valence-corrected chi connectivity index (χ3v) is 7.28. The number of hydrogen-bond donors (Lipinski definition) is 1. The Balaban J connectivity index is 1.50. The molecule has 0 aliphatic carbocycles. The van der Waals surface area contributed by atoms with Gasteiger partial charge in [-0.3, -0.25) is 9.35 Å². The SMILES string of the molecule is COc1ccc(C(C)(C)c2ccc(Oc3ccc(C(=O)c4ccc(C)cc4)cc3)cc2)cc1S(=O)(=O)O. The van der Waals surface area contributed by atoms with Gasteiger partial charge in [-0.05, 0) is 66.6 Å². The topological polar surface area (TPSA) is 89.9 Å². The standard InChI is InChI=1S/C30H28O6S/c1-20-5-7-21(8-6-20)29(31)22-9-14-25(15-10-22)36-26-16-11-23(12-17-26)30(2,3)24-13-18-27(35-4)28(19-24)37(32,33)34/h5-19H,1-4H3,(H,32,33,34). The maximum Gasteiger partial charge on any atom is 0.298 e. The van der Waals surface area contributed by atoms with Gasteiger partial charge in [0.05, 0.1) is 7.11 Å². The normalized spacial score (nSPS) is 11.7. The van der Waals surface area contributed by atoms with Crippen molar-refractivity contribution < 1.29 is 27.2 Å². The van der Waals surface area contributed by atoms with Gasteiger partial charge in [0.2, 0.25) is 0 Å². The molecular weight excluding hydrogens is 488 g/mol. The van der Waals surface area contributed by atoms with Gasteiger partial charge in [-0.1, -0.05) is 61.9 Å². The molecule has 190 valence electrons. The zero-order valence-corrected chi connectivity index (χ0v) is 21.9. The summed E-state index contributed by atoms with van der Waals surface area (Å²) in [4.78, 5) is 12.4. The van der Waals surface area contributed by atoms with Crippen molar-refractivity contribution in [2.75, 3.05) is 7.11 Å². The van der Waals surface area contributed by atoms with Crippen LogP contribution in [0.2, 0.25) is 0 Å². The molecule has 0 atom stereocenters. The molecule has 4 rings (SSSR count). The molecule has 0 radical (unpaired) electrons. The van der Waals surface area contributed by atoms with E-state index in [1.807, 2.05) is 69.3 Å². The Morgan fingerprint density at radius 3 is 1.76 bits per heavy atom. The number of carbonyl (C=O) groups excluding carboxylic acids is 1. The Hall–Kier alpha value is -3.94. The fourth-order valence-electron chi connectivity index (χ4n) is 4.06. The fraction of sp³-hybridized carbons (Fsp3) is 0.167. The van der Waals surface area contributed by atoms with E-state index in [0.29, 0.717) is 28.2 Å². The van der Waals surface area contributed by atoms with E-state index in [1.165, 1.54) is 19.2 Å². The highest BCUT2D eigenvalue weighted by molar-refractivity contribution is 7.86. The van der Waals surface area contributed by atoms with Crippen molar-refractivity contribution in [2.24, 2.45) is 0 Å². The van der Waals surface area contributed by atoms with Crippen LogP contribution in [-0.4, -0.2) is 25.9 Å². The van der Waals surface area contributed by atoms with Crippen LogP contribution in [0.3, 0.4) is 0 Å². The van der Waals surface area contributed by atoms with Crippen molar-refractivity contribution in [3.63, 3.8) is 0 Å². The molecule has 0 fully saturated rings. The number of benzene rings is 4. The van der Waals surface area contributed by atoms with E-state index in [9.17, 15) is 17.8 Å². The molecule has 4 aromatic rings. The molecule has 0 saturated heterocycles. The summed E-state index contributed by atoms with van der Waals surface area (Å²) in [5, 5.41) is 0. The van der Waals surface area contributed by atoms with Crippen molar-refractivity contribution in [2.45, 2.75) is 31.1 Å². The molecule has 0 bridgehead atoms. The summed E-state index contributed by atoms with van der Waals surface area (Å²) < 4.78 is 44.3. The lowest BCUT2D eigenvalue weighted by atomic mass is 9.78. The Morgan fingerprint density at radius 2 is 1.24 bits per heavy atom. The van der Waals surface area contributed by atoms with Gasteiger partial charge in [0.1, 0.15) is 22.1 Å². The zero-order chi connectivity index (χ0) is 26.8. The predicted octanol–water partition coefficient (Wildman–Crippen LogP) is 6.60. The molecule has 0 heterocycles. The van der Waals surface area contributed by atoms with Crippen LogP contribution in [0.4, 0.5) is 0 Å². The van der Waals surface area contributed by atoms with E-state index in [1.54, 1.807) is 30.3 Å². The van der Waals surface area contributed by atoms with Crippen LogP contribution in [0.1, 0.15) is 46.5 Å². The summed E-state index contributed by atoms with van der Waals surface area (Å²) in [5.74, 6) is 1.25. The summed E-state index contributed by atoms with van der Waals surface area (Å²) in [6.45, 7) is 5.90. The molecule has 4 aromatic carbocycles. The Labute approximate surface area is 217 Å². The fourth-order valence-corrected chi connectivity index (χ4v) is 4.74. The van der Waals surface area contributed by atoms with E-state index >= 15 is 0 Å². The molecule has 37 heavy (non-hydrogen) atoms. The molecule has 6 nitrogen and oxygen atoms in total. The van der Waals surface area contributed by atoms with E-state index in [0.717, 1.165) is 11.1 Å². The summed E-state index contributed by atoms with van der Waals surface area (Å²) in [6.07, 6.45) is 0. The summed E-state index contributed by atoms with van der Waals surface area (Å²) in [5.41, 5.74) is 3.37. The van der Waals surface area contributed by atoms with Crippen molar-refractivity contribution in [3.8, 4) is 17.2 Å². The summed E-state index contributed by atoms with van der Waals surface area (Å²) in [6, 6.07) is 26.7. The van der Waals surface area contributed by atoms with Gasteiger partial charge < -0.3 is 9.47 Å². The quantitative estimate of drug-likeness (QED) is 0.210. The average Bonchev–Trinajstić information content (AvgIpc) is 2.88. The highest BCUT2D eigenvalue weighted by atomic mass is 32.2. The van der Waals surface area contributed by atoms with Crippen LogP contribution in [0.15, 0.2) is 95.9 Å². The molecule has 0 aliphatic rings. The molecule has 0 amide bonds.